The zero-order chi connectivity index (χ0) is 14.8. The van der Waals surface area contributed by atoms with E-state index in [1.165, 1.54) is 0 Å². The van der Waals surface area contributed by atoms with Crippen molar-refractivity contribution < 1.29 is 14.3 Å². The quantitative estimate of drug-likeness (QED) is 0.511. The Kier molecular flexibility index (Phi) is 3.48. The van der Waals surface area contributed by atoms with E-state index >= 15 is 0 Å². The van der Waals surface area contributed by atoms with Crippen molar-refractivity contribution in [1.29, 1.82) is 0 Å². The van der Waals surface area contributed by atoms with Crippen LogP contribution in [-0.2, 0) is 9.53 Å². The number of ether oxygens (including phenoxy) is 1. The fraction of sp³-hybridized carbons (Fsp3) is 0.250. The van der Waals surface area contributed by atoms with Crippen LogP contribution in [0.4, 0.5) is 5.69 Å². The summed E-state index contributed by atoms with van der Waals surface area (Å²) in [5.74, 6) is -0.573. The number of anilines is 1. The smallest absolute Gasteiger partial charge is 0.310 e. The molecular formula is C16H16N2O3. The number of amides is 1. The summed E-state index contributed by atoms with van der Waals surface area (Å²) < 4.78 is 4.97. The van der Waals surface area contributed by atoms with Gasteiger partial charge >= 0.3 is 5.97 Å². The number of benzene rings is 2. The van der Waals surface area contributed by atoms with Gasteiger partial charge in [-0.15, -0.1) is 0 Å². The number of nitrogens with one attached hydrogen (secondary N) is 1. The van der Waals surface area contributed by atoms with Crippen LogP contribution in [0.2, 0.25) is 0 Å². The Morgan fingerprint density at radius 3 is 2.52 bits per heavy atom. The minimum atomic E-state index is -0.346. The molecule has 1 aliphatic rings. The maximum atomic E-state index is 12.1. The lowest BCUT2D eigenvalue weighted by Gasteiger charge is -2.09. The highest BCUT2D eigenvalue weighted by atomic mass is 16.5. The molecule has 0 heterocycles. The van der Waals surface area contributed by atoms with Gasteiger partial charge in [-0.3, -0.25) is 9.59 Å². The number of nitrogens with two attached hydrogens (primary N) is 1. The third-order valence-corrected chi connectivity index (χ3v) is 3.52. The molecule has 0 bridgehead atoms. The molecule has 5 heteroatoms. The van der Waals surface area contributed by atoms with Gasteiger partial charge in [-0.05, 0) is 35.7 Å². The van der Waals surface area contributed by atoms with Crippen LogP contribution in [-0.4, -0.2) is 18.6 Å². The molecule has 0 unspecified atom stereocenters. The van der Waals surface area contributed by atoms with Crippen molar-refractivity contribution in [3.63, 3.8) is 0 Å². The van der Waals surface area contributed by atoms with E-state index in [1.807, 2.05) is 24.3 Å². The van der Waals surface area contributed by atoms with Crippen LogP contribution in [0.15, 0.2) is 36.4 Å². The van der Waals surface area contributed by atoms with Crippen LogP contribution in [0.5, 0.6) is 0 Å². The summed E-state index contributed by atoms with van der Waals surface area (Å²) in [4.78, 5) is 23.5. The van der Waals surface area contributed by atoms with Gasteiger partial charge in [0.05, 0.1) is 11.5 Å². The van der Waals surface area contributed by atoms with Crippen molar-refractivity contribution in [2.24, 2.45) is 5.92 Å². The zero-order valence-corrected chi connectivity index (χ0v) is 11.5. The zero-order valence-electron chi connectivity index (χ0n) is 11.5. The van der Waals surface area contributed by atoms with E-state index < -0.39 is 0 Å². The third kappa shape index (κ3) is 2.97. The number of carbonyl (C=O) groups is 2. The maximum Gasteiger partial charge on any atom is 0.310 e. The molecule has 1 aliphatic carbocycles. The molecule has 3 rings (SSSR count). The van der Waals surface area contributed by atoms with E-state index in [4.69, 9.17) is 10.5 Å². The fourth-order valence-electron chi connectivity index (χ4n) is 2.16. The number of nitrogen functional groups attached to an aromatic ring is 1. The molecule has 1 fully saturated rings. The average molecular weight is 284 g/mol. The van der Waals surface area contributed by atoms with Gasteiger partial charge in [-0.25, -0.2) is 0 Å². The van der Waals surface area contributed by atoms with Crippen molar-refractivity contribution >= 4 is 28.3 Å². The molecule has 3 N–H and O–H groups in total. The Hall–Kier alpha value is -2.56. The van der Waals surface area contributed by atoms with Gasteiger partial charge in [-0.1, -0.05) is 24.3 Å². The van der Waals surface area contributed by atoms with Gasteiger partial charge in [-0.2, -0.15) is 0 Å². The number of hydrogen-bond acceptors (Lipinski definition) is 4. The Morgan fingerprint density at radius 2 is 1.86 bits per heavy atom. The molecule has 0 radical (unpaired) electrons. The molecule has 0 atom stereocenters. The Balaban J connectivity index is 1.68. The normalized spacial score (nSPS) is 13.9. The van der Waals surface area contributed by atoms with Crippen LogP contribution >= 0.6 is 0 Å². The number of hydrogen-bond donors (Lipinski definition) is 2. The number of esters is 1. The second-order valence-electron chi connectivity index (χ2n) is 5.17. The van der Waals surface area contributed by atoms with Crippen molar-refractivity contribution in [3.8, 4) is 0 Å². The first-order valence-electron chi connectivity index (χ1n) is 6.88. The maximum absolute atomic E-state index is 12.1. The Bertz CT molecular complexity index is 708. The van der Waals surface area contributed by atoms with Crippen LogP contribution in [0, 0.1) is 5.92 Å². The highest BCUT2D eigenvalue weighted by Gasteiger charge is 2.31. The summed E-state index contributed by atoms with van der Waals surface area (Å²) in [6.07, 6.45) is 1.76. The average Bonchev–Trinajstić information content (AvgIpc) is 3.31. The molecule has 1 saturated carbocycles. The third-order valence-electron chi connectivity index (χ3n) is 3.52. The SMILES string of the molecule is Nc1cc2ccccc2cc1C(=O)NCOC(=O)C1CC1. The van der Waals surface area contributed by atoms with Gasteiger partial charge in [0.1, 0.15) is 0 Å². The summed E-state index contributed by atoms with van der Waals surface area (Å²) in [5, 5.41) is 4.47. The van der Waals surface area contributed by atoms with Gasteiger partial charge < -0.3 is 15.8 Å². The minimum Gasteiger partial charge on any atom is -0.444 e. The monoisotopic (exact) mass is 284 g/mol. The predicted octanol–water partition coefficient (Wildman–Crippen LogP) is 2.06. The van der Waals surface area contributed by atoms with Crippen molar-refractivity contribution in [2.45, 2.75) is 12.8 Å². The van der Waals surface area contributed by atoms with Gasteiger partial charge in [0.25, 0.3) is 5.91 Å². The second kappa shape index (κ2) is 5.44. The lowest BCUT2D eigenvalue weighted by Crippen LogP contribution is -2.28. The van der Waals surface area contributed by atoms with Crippen molar-refractivity contribution in [3.05, 3.63) is 42.0 Å². The first-order valence-corrected chi connectivity index (χ1v) is 6.88. The molecule has 0 aliphatic heterocycles. The van der Waals surface area contributed by atoms with E-state index in [0.717, 1.165) is 23.6 Å². The molecular weight excluding hydrogens is 268 g/mol. The standard InChI is InChI=1S/C16H16N2O3/c17-14-8-12-4-2-1-3-11(12)7-13(14)15(19)18-9-21-16(20)10-5-6-10/h1-4,7-8,10H,5-6,9,17H2,(H,18,19). The summed E-state index contributed by atoms with van der Waals surface area (Å²) in [6, 6.07) is 11.2. The van der Waals surface area contributed by atoms with E-state index in [2.05, 4.69) is 5.32 Å². The van der Waals surface area contributed by atoms with Crippen LogP contribution in [0.1, 0.15) is 23.2 Å². The van der Waals surface area contributed by atoms with E-state index in [0.29, 0.717) is 11.3 Å². The molecule has 0 saturated heterocycles. The van der Waals surface area contributed by atoms with E-state index in [1.54, 1.807) is 12.1 Å². The molecule has 5 nitrogen and oxygen atoms in total. The molecule has 0 aromatic heterocycles. The van der Waals surface area contributed by atoms with E-state index in [-0.39, 0.29) is 24.5 Å². The predicted molar refractivity (Wildman–Crippen MR) is 79.5 cm³/mol. The van der Waals surface area contributed by atoms with Crippen LogP contribution < -0.4 is 11.1 Å². The number of carbonyl (C=O) groups excluding carboxylic acids is 2. The first kappa shape index (κ1) is 13.4. The first-order chi connectivity index (χ1) is 10.1. The largest absolute Gasteiger partial charge is 0.444 e. The summed E-state index contributed by atoms with van der Waals surface area (Å²) in [6.45, 7) is -0.125. The van der Waals surface area contributed by atoms with Gasteiger partial charge in [0.2, 0.25) is 0 Å². The lowest BCUT2D eigenvalue weighted by molar-refractivity contribution is -0.145. The Labute approximate surface area is 122 Å². The van der Waals surface area contributed by atoms with Crippen molar-refractivity contribution in [1.82, 2.24) is 5.32 Å². The number of rotatable bonds is 4. The lowest BCUT2D eigenvalue weighted by atomic mass is 10.0. The fourth-order valence-corrected chi connectivity index (χ4v) is 2.16. The van der Waals surface area contributed by atoms with Gasteiger partial charge in [0.15, 0.2) is 6.73 Å². The summed E-state index contributed by atoms with van der Waals surface area (Å²) in [5.41, 5.74) is 6.70. The Morgan fingerprint density at radius 1 is 1.19 bits per heavy atom. The molecule has 108 valence electrons. The second-order valence-corrected chi connectivity index (χ2v) is 5.17. The van der Waals surface area contributed by atoms with Crippen molar-refractivity contribution in [2.75, 3.05) is 12.5 Å². The van der Waals surface area contributed by atoms with Crippen LogP contribution in [0.25, 0.3) is 10.8 Å². The van der Waals surface area contributed by atoms with Gasteiger partial charge in [0, 0.05) is 5.69 Å². The highest BCUT2D eigenvalue weighted by Crippen LogP contribution is 2.29. The van der Waals surface area contributed by atoms with Crippen LogP contribution in [0.3, 0.4) is 0 Å². The van der Waals surface area contributed by atoms with E-state index in [9.17, 15) is 9.59 Å². The molecule has 21 heavy (non-hydrogen) atoms. The highest BCUT2D eigenvalue weighted by molar-refractivity contribution is 6.03. The molecule has 0 spiro atoms. The summed E-state index contributed by atoms with van der Waals surface area (Å²) >= 11 is 0. The molecule has 2 aromatic rings. The topological polar surface area (TPSA) is 81.4 Å². The molecule has 1 amide bonds. The minimum absolute atomic E-state index is 0.0210. The summed E-state index contributed by atoms with van der Waals surface area (Å²) in [7, 11) is 0. The molecule has 2 aromatic carbocycles. The number of fused-ring (bicyclic) bond motifs is 1.